The van der Waals surface area contributed by atoms with Gasteiger partial charge in [-0.25, -0.2) is 0 Å². The van der Waals surface area contributed by atoms with Gasteiger partial charge in [-0.1, -0.05) is 0 Å². The van der Waals surface area contributed by atoms with Crippen LogP contribution in [-0.2, 0) is 17.9 Å². The minimum absolute atomic E-state index is 0.651. The summed E-state index contributed by atoms with van der Waals surface area (Å²) >= 11 is 1.77. The Balaban J connectivity index is 2.75. The second-order valence-corrected chi connectivity index (χ2v) is 4.95. The summed E-state index contributed by atoms with van der Waals surface area (Å²) in [6, 6.07) is 10.6. The molecule has 0 saturated carbocycles. The molecule has 0 radical (unpaired) electrons. The third-order valence-electron chi connectivity index (χ3n) is 1.40. The van der Waals surface area contributed by atoms with Crippen LogP contribution in [0.5, 0.6) is 0 Å². The van der Waals surface area contributed by atoms with Crippen molar-refractivity contribution >= 4 is 9.58 Å². The van der Waals surface area contributed by atoms with Crippen molar-refractivity contribution in [2.75, 3.05) is 0 Å². The molecule has 1 atom stereocenters. The number of rotatable bonds is 2. The first kappa shape index (κ1) is 8.33. The molecular weight excluding hydrogens is 314 g/mol. The molecule has 0 nitrogen and oxygen atoms in total. The summed E-state index contributed by atoms with van der Waals surface area (Å²) in [5, 5.41) is 0.651. The van der Waals surface area contributed by atoms with Crippen molar-refractivity contribution in [3.05, 3.63) is 35.9 Å². The molecule has 54 valence electrons. The molecule has 0 fully saturated rings. The predicted molar refractivity (Wildman–Crippen MR) is 42.4 cm³/mol. The van der Waals surface area contributed by atoms with Crippen molar-refractivity contribution in [3.8, 4) is 0 Å². The summed E-state index contributed by atoms with van der Waals surface area (Å²) in [7, 11) is 1.93. The molecule has 0 heterocycles. The molecule has 2 heteroatoms. The van der Waals surface area contributed by atoms with Gasteiger partial charge in [-0.15, -0.1) is 0 Å². The van der Waals surface area contributed by atoms with Crippen LogP contribution in [0.1, 0.15) is 17.7 Å². The normalized spacial score (nSPS) is 13.0. The van der Waals surface area contributed by atoms with Gasteiger partial charge in [0.2, 0.25) is 0 Å². The zero-order valence-electron chi connectivity index (χ0n) is 5.75. The molecule has 0 saturated heterocycles. The molecule has 0 amide bonds. The summed E-state index contributed by atoms with van der Waals surface area (Å²) in [5.74, 6) is 0. The van der Waals surface area contributed by atoms with Gasteiger partial charge >= 0.3 is 75.6 Å². The third kappa shape index (κ3) is 2.13. The van der Waals surface area contributed by atoms with Gasteiger partial charge in [-0.3, -0.25) is 0 Å². The Hall–Kier alpha value is 0.232. The topological polar surface area (TPSA) is 0 Å². The van der Waals surface area contributed by atoms with Crippen molar-refractivity contribution in [1.29, 1.82) is 0 Å². The second-order valence-electron chi connectivity index (χ2n) is 2.14. The van der Waals surface area contributed by atoms with Gasteiger partial charge < -0.3 is 0 Å². The van der Waals surface area contributed by atoms with E-state index in [4.69, 9.17) is 0 Å². The average Bonchev–Trinajstić information content (AvgIpc) is 2.05. The Labute approximate surface area is 75.6 Å². The molecule has 0 N–H and O–H groups in total. The van der Waals surface area contributed by atoms with E-state index in [-0.39, 0.29) is 0 Å². The van der Waals surface area contributed by atoms with Crippen LogP contribution in [-0.4, -0.2) is 0 Å². The Morgan fingerprint density at radius 3 is 2.40 bits per heavy atom. The SMILES string of the molecule is CC([S][Re])c1ccccc1. The molecule has 0 aliphatic carbocycles. The number of hydrogen-bond acceptors (Lipinski definition) is 1. The Kier molecular flexibility index (Phi) is 3.48. The monoisotopic (exact) mass is 324 g/mol. The van der Waals surface area contributed by atoms with Gasteiger partial charge in [0.05, 0.1) is 0 Å². The number of benzene rings is 1. The van der Waals surface area contributed by atoms with E-state index >= 15 is 0 Å². The Morgan fingerprint density at radius 2 is 1.90 bits per heavy atom. The molecule has 1 unspecified atom stereocenters. The maximum atomic E-state index is 2.24. The van der Waals surface area contributed by atoms with Gasteiger partial charge in [0, 0.05) is 0 Å². The van der Waals surface area contributed by atoms with Crippen molar-refractivity contribution < 1.29 is 17.9 Å². The van der Waals surface area contributed by atoms with Gasteiger partial charge in [0.25, 0.3) is 0 Å². The van der Waals surface area contributed by atoms with Crippen molar-refractivity contribution in [2.24, 2.45) is 0 Å². The molecule has 0 spiro atoms. The molecule has 0 aromatic heterocycles. The van der Waals surface area contributed by atoms with E-state index in [1.165, 1.54) is 5.56 Å². The first-order valence-corrected chi connectivity index (χ1v) is 7.27. The summed E-state index contributed by atoms with van der Waals surface area (Å²) in [4.78, 5) is 0. The second kappa shape index (κ2) is 4.18. The summed E-state index contributed by atoms with van der Waals surface area (Å²) < 4.78 is 0. The van der Waals surface area contributed by atoms with Crippen LogP contribution in [0.3, 0.4) is 0 Å². The fourth-order valence-electron chi connectivity index (χ4n) is 0.775. The third-order valence-corrected chi connectivity index (χ3v) is 4.82. The van der Waals surface area contributed by atoms with E-state index in [1.54, 1.807) is 17.9 Å². The van der Waals surface area contributed by atoms with Crippen LogP contribution in [0.25, 0.3) is 0 Å². The molecule has 0 bridgehead atoms. The van der Waals surface area contributed by atoms with Gasteiger partial charge in [0.1, 0.15) is 0 Å². The Morgan fingerprint density at radius 1 is 1.30 bits per heavy atom. The van der Waals surface area contributed by atoms with Crippen LogP contribution in [0.4, 0.5) is 0 Å². The minimum atomic E-state index is 0.651. The van der Waals surface area contributed by atoms with Crippen LogP contribution >= 0.6 is 9.58 Å². The van der Waals surface area contributed by atoms with Crippen LogP contribution < -0.4 is 0 Å². The fourth-order valence-corrected chi connectivity index (χ4v) is 2.14. The van der Waals surface area contributed by atoms with E-state index < -0.39 is 0 Å². The fraction of sp³-hybridized carbons (Fsp3) is 0.250. The Bertz CT molecular complexity index is 186. The average molecular weight is 323 g/mol. The van der Waals surface area contributed by atoms with Crippen LogP contribution in [0.2, 0.25) is 0 Å². The summed E-state index contributed by atoms with van der Waals surface area (Å²) in [5.41, 5.74) is 1.43. The van der Waals surface area contributed by atoms with Crippen LogP contribution in [0, 0.1) is 0 Å². The number of hydrogen-bond donors (Lipinski definition) is 0. The van der Waals surface area contributed by atoms with E-state index in [0.717, 1.165) is 0 Å². The van der Waals surface area contributed by atoms with E-state index in [1.807, 2.05) is 9.58 Å². The zero-order chi connectivity index (χ0) is 7.40. The summed E-state index contributed by atoms with van der Waals surface area (Å²) in [6.45, 7) is 2.24. The van der Waals surface area contributed by atoms with Crippen LogP contribution in [0.15, 0.2) is 30.3 Å². The summed E-state index contributed by atoms with van der Waals surface area (Å²) in [6.07, 6.45) is 0. The van der Waals surface area contributed by atoms with E-state index in [9.17, 15) is 0 Å². The van der Waals surface area contributed by atoms with Crippen molar-refractivity contribution in [2.45, 2.75) is 12.2 Å². The molecule has 10 heavy (non-hydrogen) atoms. The molecule has 1 rings (SSSR count). The van der Waals surface area contributed by atoms with Gasteiger partial charge in [0.15, 0.2) is 0 Å². The first-order chi connectivity index (χ1) is 4.84. The molecule has 0 aliphatic rings. The van der Waals surface area contributed by atoms with E-state index in [2.05, 4.69) is 37.3 Å². The zero-order valence-corrected chi connectivity index (χ0v) is 9.28. The maximum absolute atomic E-state index is 2.24. The first-order valence-electron chi connectivity index (χ1n) is 3.17. The van der Waals surface area contributed by atoms with E-state index in [0.29, 0.717) is 5.25 Å². The van der Waals surface area contributed by atoms with Crippen molar-refractivity contribution in [1.82, 2.24) is 0 Å². The standard InChI is InChI=1S/C8H10S.Re/c1-7(9)8-5-3-2-4-6-8;/h2-7,9H,1H3;/q;+1/p-1. The quantitative estimate of drug-likeness (QED) is 0.806. The molecular formula is C8H9ReS. The molecule has 0 aliphatic heterocycles. The van der Waals surface area contributed by atoms with Gasteiger partial charge in [-0.2, -0.15) is 0 Å². The van der Waals surface area contributed by atoms with Gasteiger partial charge in [-0.05, 0) is 0 Å². The predicted octanol–water partition coefficient (Wildman–Crippen LogP) is 2.94. The van der Waals surface area contributed by atoms with Crippen molar-refractivity contribution in [3.63, 3.8) is 0 Å². The molecule has 1 aromatic carbocycles. The molecule has 1 aromatic rings.